The molecule has 1 aliphatic rings. The van der Waals surface area contributed by atoms with Crippen molar-refractivity contribution in [1.82, 2.24) is 9.80 Å². The Morgan fingerprint density at radius 3 is 2.25 bits per heavy atom. The summed E-state index contributed by atoms with van der Waals surface area (Å²) >= 11 is 0. The van der Waals surface area contributed by atoms with Crippen molar-refractivity contribution in [3.05, 3.63) is 53.3 Å². The highest BCUT2D eigenvalue weighted by atomic mass is 19.1. The van der Waals surface area contributed by atoms with Gasteiger partial charge in [-0.15, -0.1) is 0 Å². The molecular weight excluding hydrogens is 363 g/mol. The van der Waals surface area contributed by atoms with Crippen LogP contribution in [0.1, 0.15) is 15.9 Å². The lowest BCUT2D eigenvalue weighted by atomic mass is 10.1. The highest BCUT2D eigenvalue weighted by Gasteiger charge is 2.25. The predicted octanol–water partition coefficient (Wildman–Crippen LogP) is 2.81. The van der Waals surface area contributed by atoms with E-state index in [1.54, 1.807) is 19.1 Å². The maximum absolute atomic E-state index is 13.6. The number of amides is 1. The van der Waals surface area contributed by atoms with E-state index in [0.29, 0.717) is 38.5 Å². The summed E-state index contributed by atoms with van der Waals surface area (Å²) in [5.74, 6) is 1.31. The Labute approximate surface area is 164 Å². The van der Waals surface area contributed by atoms with Crippen LogP contribution < -0.4 is 14.2 Å². The lowest BCUT2D eigenvalue weighted by molar-refractivity contribution is 0.0623. The van der Waals surface area contributed by atoms with Gasteiger partial charge in [0.25, 0.3) is 5.91 Å². The third-order valence-corrected chi connectivity index (χ3v) is 4.93. The zero-order valence-corrected chi connectivity index (χ0v) is 16.4. The van der Waals surface area contributed by atoms with Crippen molar-refractivity contribution in [3.63, 3.8) is 0 Å². The number of halogens is 1. The van der Waals surface area contributed by atoms with Crippen molar-refractivity contribution in [2.45, 2.75) is 6.54 Å². The van der Waals surface area contributed by atoms with Crippen molar-refractivity contribution in [2.24, 2.45) is 0 Å². The van der Waals surface area contributed by atoms with Crippen LogP contribution in [0.5, 0.6) is 17.2 Å². The minimum Gasteiger partial charge on any atom is -0.497 e. The van der Waals surface area contributed by atoms with Gasteiger partial charge in [0.2, 0.25) is 0 Å². The van der Waals surface area contributed by atoms with Crippen LogP contribution in [-0.2, 0) is 6.54 Å². The number of nitrogens with zero attached hydrogens (tertiary/aromatic N) is 2. The van der Waals surface area contributed by atoms with Crippen LogP contribution in [0.4, 0.5) is 4.39 Å². The van der Waals surface area contributed by atoms with Gasteiger partial charge in [-0.05, 0) is 36.4 Å². The third kappa shape index (κ3) is 4.36. The first kappa shape index (κ1) is 19.9. The van der Waals surface area contributed by atoms with Crippen LogP contribution in [-0.4, -0.2) is 63.2 Å². The molecule has 1 aliphatic heterocycles. The molecule has 0 aliphatic carbocycles. The first-order valence-corrected chi connectivity index (χ1v) is 9.11. The molecule has 150 valence electrons. The van der Waals surface area contributed by atoms with Crippen LogP contribution in [0.3, 0.4) is 0 Å². The van der Waals surface area contributed by atoms with Gasteiger partial charge in [-0.25, -0.2) is 4.39 Å². The minimum atomic E-state index is -0.451. The summed E-state index contributed by atoms with van der Waals surface area (Å²) in [5, 5.41) is 0. The minimum absolute atomic E-state index is 0.213. The summed E-state index contributed by atoms with van der Waals surface area (Å²) in [6, 6.07) is 9.72. The number of carbonyl (C=O) groups is 1. The first-order chi connectivity index (χ1) is 13.5. The third-order valence-electron chi connectivity index (χ3n) is 4.93. The number of rotatable bonds is 6. The van der Waals surface area contributed by atoms with Gasteiger partial charge in [0.1, 0.15) is 23.1 Å². The zero-order chi connectivity index (χ0) is 20.1. The van der Waals surface area contributed by atoms with Crippen molar-refractivity contribution in [1.29, 1.82) is 0 Å². The number of benzene rings is 2. The summed E-state index contributed by atoms with van der Waals surface area (Å²) in [4.78, 5) is 16.8. The second-order valence-corrected chi connectivity index (χ2v) is 6.59. The van der Waals surface area contributed by atoms with Gasteiger partial charge >= 0.3 is 0 Å². The summed E-state index contributed by atoms with van der Waals surface area (Å²) in [6.07, 6.45) is 0. The molecule has 1 saturated heterocycles. The molecule has 0 bridgehead atoms. The highest BCUT2D eigenvalue weighted by molar-refractivity contribution is 5.97. The van der Waals surface area contributed by atoms with E-state index in [0.717, 1.165) is 17.1 Å². The van der Waals surface area contributed by atoms with Crippen LogP contribution >= 0.6 is 0 Å². The van der Waals surface area contributed by atoms with Crippen LogP contribution in [0.15, 0.2) is 36.4 Å². The first-order valence-electron chi connectivity index (χ1n) is 9.11. The molecule has 7 heteroatoms. The SMILES string of the molecule is COc1ccc(OC)c(CN2CCN(C(=O)c3cc(F)ccc3OC)CC2)c1. The van der Waals surface area contributed by atoms with Gasteiger partial charge in [-0.1, -0.05) is 0 Å². The fourth-order valence-electron chi connectivity index (χ4n) is 3.37. The Balaban J connectivity index is 1.65. The Morgan fingerprint density at radius 1 is 0.929 bits per heavy atom. The van der Waals surface area contributed by atoms with Crippen molar-refractivity contribution in [3.8, 4) is 17.2 Å². The fourth-order valence-corrected chi connectivity index (χ4v) is 3.37. The van der Waals surface area contributed by atoms with E-state index in [1.165, 1.54) is 25.3 Å². The van der Waals surface area contributed by atoms with E-state index >= 15 is 0 Å². The average molecular weight is 388 g/mol. The van der Waals surface area contributed by atoms with Gasteiger partial charge in [0, 0.05) is 38.3 Å². The number of ether oxygens (including phenoxy) is 3. The largest absolute Gasteiger partial charge is 0.497 e. The van der Waals surface area contributed by atoms with Crippen molar-refractivity contribution < 1.29 is 23.4 Å². The van der Waals surface area contributed by atoms with Crippen molar-refractivity contribution in [2.75, 3.05) is 47.5 Å². The van der Waals surface area contributed by atoms with E-state index in [1.807, 2.05) is 18.2 Å². The quantitative estimate of drug-likeness (QED) is 0.762. The lowest BCUT2D eigenvalue weighted by Gasteiger charge is -2.35. The lowest BCUT2D eigenvalue weighted by Crippen LogP contribution is -2.48. The van der Waals surface area contributed by atoms with Gasteiger partial charge in [0.15, 0.2) is 0 Å². The number of hydrogen-bond donors (Lipinski definition) is 0. The molecular formula is C21H25FN2O4. The monoisotopic (exact) mass is 388 g/mol. The highest BCUT2D eigenvalue weighted by Crippen LogP contribution is 2.26. The van der Waals surface area contributed by atoms with E-state index < -0.39 is 5.82 Å². The predicted molar refractivity (Wildman–Crippen MR) is 104 cm³/mol. The molecule has 28 heavy (non-hydrogen) atoms. The molecule has 1 heterocycles. The van der Waals surface area contributed by atoms with Crippen molar-refractivity contribution >= 4 is 5.91 Å². The van der Waals surface area contributed by atoms with Gasteiger partial charge in [0.05, 0.1) is 26.9 Å². The second kappa shape index (κ2) is 8.93. The molecule has 2 aromatic carbocycles. The summed E-state index contributed by atoms with van der Waals surface area (Å²) in [6.45, 7) is 3.24. The zero-order valence-electron chi connectivity index (χ0n) is 16.4. The Kier molecular flexibility index (Phi) is 6.36. The number of hydrogen-bond acceptors (Lipinski definition) is 5. The smallest absolute Gasteiger partial charge is 0.257 e. The standard InChI is InChI=1S/C21H25FN2O4/c1-26-17-5-7-19(27-2)15(12-17)14-23-8-10-24(11-9-23)21(25)18-13-16(22)4-6-20(18)28-3/h4-7,12-13H,8-11,14H2,1-3H3. The molecule has 0 unspecified atom stereocenters. The van der Waals surface area contributed by atoms with Gasteiger partial charge in [-0.2, -0.15) is 0 Å². The Hall–Kier alpha value is -2.80. The molecule has 0 N–H and O–H groups in total. The van der Waals surface area contributed by atoms with Crippen LogP contribution in [0, 0.1) is 5.82 Å². The molecule has 0 aromatic heterocycles. The molecule has 0 saturated carbocycles. The second-order valence-electron chi connectivity index (χ2n) is 6.59. The van der Waals surface area contributed by atoms with E-state index in [-0.39, 0.29) is 11.5 Å². The van der Waals surface area contributed by atoms with Gasteiger partial charge < -0.3 is 19.1 Å². The van der Waals surface area contributed by atoms with Gasteiger partial charge in [-0.3, -0.25) is 9.69 Å². The van der Waals surface area contributed by atoms with Crippen LogP contribution in [0.2, 0.25) is 0 Å². The fraction of sp³-hybridized carbons (Fsp3) is 0.381. The van der Waals surface area contributed by atoms with E-state index in [4.69, 9.17) is 14.2 Å². The normalized spacial score (nSPS) is 14.6. The molecule has 0 radical (unpaired) electrons. The number of piperazine rings is 1. The summed E-state index contributed by atoms with van der Waals surface area (Å²) in [5.41, 5.74) is 1.29. The Morgan fingerprint density at radius 2 is 1.61 bits per heavy atom. The maximum Gasteiger partial charge on any atom is 0.257 e. The summed E-state index contributed by atoms with van der Waals surface area (Å²) in [7, 11) is 4.76. The van der Waals surface area contributed by atoms with E-state index in [9.17, 15) is 9.18 Å². The maximum atomic E-state index is 13.6. The molecule has 0 spiro atoms. The molecule has 3 rings (SSSR count). The Bertz CT molecular complexity index is 835. The molecule has 0 atom stereocenters. The number of methoxy groups -OCH3 is 3. The molecule has 1 fully saturated rings. The van der Waals surface area contributed by atoms with Crippen LogP contribution in [0.25, 0.3) is 0 Å². The van der Waals surface area contributed by atoms with E-state index in [2.05, 4.69) is 4.90 Å². The summed E-state index contributed by atoms with van der Waals surface area (Å²) < 4.78 is 29.5. The molecule has 6 nitrogen and oxygen atoms in total. The topological polar surface area (TPSA) is 51.2 Å². The molecule has 2 aromatic rings. The molecule has 1 amide bonds. The average Bonchev–Trinajstić information content (AvgIpc) is 2.73. The number of carbonyl (C=O) groups excluding carboxylic acids is 1.